The zero-order valence-electron chi connectivity index (χ0n) is 14.7. The molecule has 0 spiro atoms. The van der Waals surface area contributed by atoms with Crippen molar-refractivity contribution in [2.24, 2.45) is 22.7 Å². The first kappa shape index (κ1) is 17.5. The number of aliphatic hydroxyl groups is 1. The highest BCUT2D eigenvalue weighted by atomic mass is 16.3. The van der Waals surface area contributed by atoms with Crippen molar-refractivity contribution in [2.45, 2.75) is 71.8 Å². The minimum Gasteiger partial charge on any atom is -0.390 e. The second-order valence-corrected chi connectivity index (χ2v) is 8.37. The Labute approximate surface area is 135 Å². The van der Waals surface area contributed by atoms with Gasteiger partial charge in [0.2, 0.25) is 0 Å². The zero-order valence-corrected chi connectivity index (χ0v) is 14.7. The summed E-state index contributed by atoms with van der Waals surface area (Å²) in [6.45, 7) is 12.3. The molecular formula is C20H32O2. The van der Waals surface area contributed by atoms with Crippen molar-refractivity contribution < 1.29 is 9.90 Å². The minimum absolute atomic E-state index is 0.0353. The molecule has 0 bridgehead atoms. The highest BCUT2D eigenvalue weighted by Crippen LogP contribution is 2.62. The SMILES string of the molecule is C=CC(C)=CCC1C(C)(O)CCC2C(C)(C=O)CCCC12C. The molecule has 0 aliphatic heterocycles. The van der Waals surface area contributed by atoms with Gasteiger partial charge in [-0.3, -0.25) is 0 Å². The van der Waals surface area contributed by atoms with Crippen LogP contribution < -0.4 is 0 Å². The summed E-state index contributed by atoms with van der Waals surface area (Å²) >= 11 is 0. The summed E-state index contributed by atoms with van der Waals surface area (Å²) in [7, 11) is 0. The summed E-state index contributed by atoms with van der Waals surface area (Å²) < 4.78 is 0. The topological polar surface area (TPSA) is 37.3 Å². The average molecular weight is 304 g/mol. The summed E-state index contributed by atoms with van der Waals surface area (Å²) in [6, 6.07) is 0. The van der Waals surface area contributed by atoms with Crippen LogP contribution >= 0.6 is 0 Å². The molecule has 2 aliphatic rings. The Morgan fingerprint density at radius 1 is 1.27 bits per heavy atom. The number of fused-ring (bicyclic) bond motifs is 1. The van der Waals surface area contributed by atoms with E-state index in [2.05, 4.69) is 33.4 Å². The predicted octanol–water partition coefficient (Wildman–Crippen LogP) is 4.68. The first-order chi connectivity index (χ1) is 10.2. The average Bonchev–Trinajstić information content (AvgIpc) is 2.45. The summed E-state index contributed by atoms with van der Waals surface area (Å²) in [6.07, 6.45) is 11.1. The van der Waals surface area contributed by atoms with E-state index in [-0.39, 0.29) is 16.7 Å². The number of hydrogen-bond acceptors (Lipinski definition) is 2. The molecule has 2 heteroatoms. The molecule has 0 saturated heterocycles. The summed E-state index contributed by atoms with van der Waals surface area (Å²) in [5, 5.41) is 11.0. The van der Waals surface area contributed by atoms with E-state index in [1.54, 1.807) is 0 Å². The van der Waals surface area contributed by atoms with Gasteiger partial charge in [-0.1, -0.05) is 44.6 Å². The van der Waals surface area contributed by atoms with Crippen molar-refractivity contribution in [1.29, 1.82) is 0 Å². The van der Waals surface area contributed by atoms with Crippen molar-refractivity contribution in [1.82, 2.24) is 0 Å². The van der Waals surface area contributed by atoms with Gasteiger partial charge in [-0.25, -0.2) is 0 Å². The fourth-order valence-corrected chi connectivity index (χ4v) is 5.40. The van der Waals surface area contributed by atoms with Crippen LogP contribution in [-0.4, -0.2) is 17.0 Å². The van der Waals surface area contributed by atoms with Gasteiger partial charge in [0.25, 0.3) is 0 Å². The molecule has 2 saturated carbocycles. The molecule has 0 aromatic heterocycles. The van der Waals surface area contributed by atoms with Gasteiger partial charge in [-0.05, 0) is 63.2 Å². The van der Waals surface area contributed by atoms with Crippen LogP contribution in [0.25, 0.3) is 0 Å². The van der Waals surface area contributed by atoms with Gasteiger partial charge in [0.1, 0.15) is 6.29 Å². The van der Waals surface area contributed by atoms with E-state index in [4.69, 9.17) is 0 Å². The zero-order chi connectivity index (χ0) is 16.6. The molecule has 0 aromatic rings. The van der Waals surface area contributed by atoms with E-state index < -0.39 is 5.60 Å². The van der Waals surface area contributed by atoms with Gasteiger partial charge >= 0.3 is 0 Å². The third-order valence-corrected chi connectivity index (χ3v) is 6.78. The molecule has 5 atom stereocenters. The molecule has 0 radical (unpaired) electrons. The van der Waals surface area contributed by atoms with Gasteiger partial charge in [-0.2, -0.15) is 0 Å². The van der Waals surface area contributed by atoms with E-state index in [9.17, 15) is 9.90 Å². The smallest absolute Gasteiger partial charge is 0.126 e. The summed E-state index contributed by atoms with van der Waals surface area (Å²) in [5.74, 6) is 0.585. The van der Waals surface area contributed by atoms with Gasteiger partial charge in [0.15, 0.2) is 0 Å². The first-order valence-electron chi connectivity index (χ1n) is 8.67. The lowest BCUT2D eigenvalue weighted by Crippen LogP contribution is -2.58. The predicted molar refractivity (Wildman–Crippen MR) is 91.5 cm³/mol. The number of carbonyl (C=O) groups excluding carboxylic acids is 1. The number of carbonyl (C=O) groups is 1. The Hall–Kier alpha value is -0.890. The van der Waals surface area contributed by atoms with Crippen molar-refractivity contribution in [3.63, 3.8) is 0 Å². The highest BCUT2D eigenvalue weighted by molar-refractivity contribution is 5.60. The van der Waals surface area contributed by atoms with Crippen LogP contribution in [0.4, 0.5) is 0 Å². The lowest BCUT2D eigenvalue weighted by molar-refractivity contribution is -0.171. The van der Waals surface area contributed by atoms with Crippen LogP contribution in [0.5, 0.6) is 0 Å². The van der Waals surface area contributed by atoms with Crippen LogP contribution in [0, 0.1) is 22.7 Å². The first-order valence-corrected chi connectivity index (χ1v) is 8.67. The number of hydrogen-bond donors (Lipinski definition) is 1. The fraction of sp³-hybridized carbons (Fsp3) is 0.750. The molecule has 1 N–H and O–H groups in total. The third-order valence-electron chi connectivity index (χ3n) is 6.78. The Bertz CT molecular complexity index is 476. The maximum atomic E-state index is 11.8. The molecule has 124 valence electrons. The van der Waals surface area contributed by atoms with Crippen LogP contribution in [0.15, 0.2) is 24.3 Å². The van der Waals surface area contributed by atoms with Gasteiger partial charge < -0.3 is 9.90 Å². The van der Waals surface area contributed by atoms with Crippen molar-refractivity contribution >= 4 is 6.29 Å². The van der Waals surface area contributed by atoms with E-state index in [1.807, 2.05) is 13.0 Å². The van der Waals surface area contributed by atoms with Gasteiger partial charge in [0, 0.05) is 5.41 Å². The van der Waals surface area contributed by atoms with Crippen LogP contribution in [0.3, 0.4) is 0 Å². The van der Waals surface area contributed by atoms with Crippen LogP contribution in [-0.2, 0) is 4.79 Å². The Morgan fingerprint density at radius 3 is 2.55 bits per heavy atom. The second-order valence-electron chi connectivity index (χ2n) is 8.37. The van der Waals surface area contributed by atoms with E-state index in [0.29, 0.717) is 5.92 Å². The lowest BCUT2D eigenvalue weighted by atomic mass is 9.45. The molecule has 2 fully saturated rings. The molecule has 2 aliphatic carbocycles. The summed E-state index contributed by atoms with van der Waals surface area (Å²) in [4.78, 5) is 11.8. The van der Waals surface area contributed by atoms with E-state index in [1.165, 1.54) is 6.29 Å². The van der Waals surface area contributed by atoms with Crippen LogP contribution in [0.1, 0.15) is 66.2 Å². The second kappa shape index (κ2) is 5.96. The van der Waals surface area contributed by atoms with Crippen molar-refractivity contribution in [3.05, 3.63) is 24.3 Å². The maximum absolute atomic E-state index is 11.8. The Morgan fingerprint density at radius 2 is 1.95 bits per heavy atom. The normalized spacial score (nSPS) is 46.0. The molecule has 2 rings (SSSR count). The number of allylic oxidation sites excluding steroid dienone is 3. The molecule has 0 aromatic carbocycles. The molecule has 5 unspecified atom stereocenters. The molecular weight excluding hydrogens is 272 g/mol. The molecule has 0 amide bonds. The van der Waals surface area contributed by atoms with Gasteiger partial charge in [0.05, 0.1) is 5.60 Å². The van der Waals surface area contributed by atoms with E-state index >= 15 is 0 Å². The highest BCUT2D eigenvalue weighted by Gasteiger charge is 2.58. The standard InChI is InChI=1S/C20H32O2/c1-6-15(2)8-9-17-19(4)12-7-11-18(3,14-21)16(19)10-13-20(17,5)22/h6,8,14,16-17,22H,1,7,9-13H2,2-5H3. The monoisotopic (exact) mass is 304 g/mol. The minimum atomic E-state index is -0.648. The van der Waals surface area contributed by atoms with Crippen molar-refractivity contribution in [2.75, 3.05) is 0 Å². The molecule has 2 nitrogen and oxygen atoms in total. The van der Waals surface area contributed by atoms with Crippen molar-refractivity contribution in [3.8, 4) is 0 Å². The number of aldehydes is 1. The fourth-order valence-electron chi connectivity index (χ4n) is 5.40. The van der Waals surface area contributed by atoms with Crippen LogP contribution in [0.2, 0.25) is 0 Å². The summed E-state index contributed by atoms with van der Waals surface area (Å²) in [5.41, 5.74) is 0.326. The third kappa shape index (κ3) is 2.82. The quantitative estimate of drug-likeness (QED) is 0.605. The Balaban J connectivity index is 2.39. The van der Waals surface area contributed by atoms with Gasteiger partial charge in [-0.15, -0.1) is 0 Å². The number of rotatable bonds is 4. The molecule has 0 heterocycles. The lowest BCUT2D eigenvalue weighted by Gasteiger charge is -2.60. The Kier molecular flexibility index (Phi) is 4.73. The maximum Gasteiger partial charge on any atom is 0.126 e. The van der Waals surface area contributed by atoms with E-state index in [0.717, 1.165) is 44.1 Å². The molecule has 22 heavy (non-hydrogen) atoms. The largest absolute Gasteiger partial charge is 0.390 e.